The summed E-state index contributed by atoms with van der Waals surface area (Å²) >= 11 is 0. The summed E-state index contributed by atoms with van der Waals surface area (Å²) in [5.74, 6) is 1.38. The Kier molecular flexibility index (Phi) is 4.32. The first kappa shape index (κ1) is 18.2. The predicted octanol–water partition coefficient (Wildman–Crippen LogP) is 6.27. The maximum Gasteiger partial charge on any atom is 0.181 e. The van der Waals surface area contributed by atoms with Gasteiger partial charge in [-0.1, -0.05) is 36.4 Å². The molecular formula is C26H16N4O2. The molecule has 4 heterocycles. The van der Waals surface area contributed by atoms with E-state index in [9.17, 15) is 0 Å². The summed E-state index contributed by atoms with van der Waals surface area (Å²) in [5, 5.41) is 2.26. The van der Waals surface area contributed by atoms with Crippen molar-refractivity contribution in [2.24, 2.45) is 0 Å². The Balaban J connectivity index is 1.50. The van der Waals surface area contributed by atoms with Crippen molar-refractivity contribution in [3.8, 4) is 44.9 Å². The Bertz CT molecular complexity index is 1410. The van der Waals surface area contributed by atoms with Gasteiger partial charge in [-0.2, -0.15) is 0 Å². The van der Waals surface area contributed by atoms with Gasteiger partial charge in [0.15, 0.2) is 24.3 Å². The summed E-state index contributed by atoms with van der Waals surface area (Å²) in [6.07, 6.45) is 13.5. The van der Waals surface area contributed by atoms with Gasteiger partial charge in [-0.3, -0.25) is 9.97 Å². The van der Waals surface area contributed by atoms with E-state index in [4.69, 9.17) is 8.83 Å². The van der Waals surface area contributed by atoms with Crippen LogP contribution in [0.5, 0.6) is 0 Å². The average molecular weight is 416 g/mol. The van der Waals surface area contributed by atoms with Crippen LogP contribution in [0, 0.1) is 0 Å². The van der Waals surface area contributed by atoms with Gasteiger partial charge in [0, 0.05) is 47.0 Å². The number of rotatable bonds is 4. The van der Waals surface area contributed by atoms with Gasteiger partial charge in [0.2, 0.25) is 0 Å². The Labute approximate surface area is 183 Å². The van der Waals surface area contributed by atoms with Crippen molar-refractivity contribution in [1.82, 2.24) is 19.9 Å². The highest BCUT2D eigenvalue weighted by Crippen LogP contribution is 2.37. The second kappa shape index (κ2) is 7.59. The van der Waals surface area contributed by atoms with Crippen LogP contribution in [0.2, 0.25) is 0 Å². The molecule has 6 heteroatoms. The molecule has 0 amide bonds. The number of pyridine rings is 2. The summed E-state index contributed by atoms with van der Waals surface area (Å²) in [7, 11) is 0. The molecular weight excluding hydrogens is 400 g/mol. The zero-order valence-electron chi connectivity index (χ0n) is 16.8. The van der Waals surface area contributed by atoms with Gasteiger partial charge in [0.1, 0.15) is 0 Å². The average Bonchev–Trinajstić information content (AvgIpc) is 3.59. The Morgan fingerprint density at radius 2 is 0.938 bits per heavy atom. The van der Waals surface area contributed by atoms with E-state index in [2.05, 4.69) is 56.3 Å². The smallest absolute Gasteiger partial charge is 0.181 e. The molecule has 0 fully saturated rings. The van der Waals surface area contributed by atoms with E-state index < -0.39 is 0 Å². The zero-order valence-corrected chi connectivity index (χ0v) is 16.8. The van der Waals surface area contributed by atoms with Gasteiger partial charge in [-0.15, -0.1) is 0 Å². The van der Waals surface area contributed by atoms with Crippen molar-refractivity contribution in [3.05, 3.63) is 98.5 Å². The van der Waals surface area contributed by atoms with E-state index in [1.807, 2.05) is 24.5 Å². The number of nitrogens with zero attached hydrogens (tertiary/aromatic N) is 4. The molecule has 0 saturated carbocycles. The number of fused-ring (bicyclic) bond motifs is 1. The van der Waals surface area contributed by atoms with Gasteiger partial charge in [-0.05, 0) is 34.0 Å². The molecule has 152 valence electrons. The molecule has 0 aliphatic carbocycles. The van der Waals surface area contributed by atoms with Gasteiger partial charge >= 0.3 is 0 Å². The standard InChI is InChI=1S/C26H16N4O2/c1-2-4-24-22(18-8-20(12-28-10-18)26-14-30-16-32-26)6-5-21(23(24)3-1)17-7-19(11-27-9-17)25-13-29-15-31-25/h1-16H. The summed E-state index contributed by atoms with van der Waals surface area (Å²) in [6, 6.07) is 16.7. The maximum atomic E-state index is 5.45. The van der Waals surface area contributed by atoms with Crippen LogP contribution in [-0.4, -0.2) is 19.9 Å². The fourth-order valence-corrected chi connectivity index (χ4v) is 3.96. The van der Waals surface area contributed by atoms with Crippen molar-refractivity contribution in [2.45, 2.75) is 0 Å². The predicted molar refractivity (Wildman–Crippen MR) is 121 cm³/mol. The van der Waals surface area contributed by atoms with Crippen LogP contribution in [0.4, 0.5) is 0 Å². The van der Waals surface area contributed by atoms with Crippen LogP contribution < -0.4 is 0 Å². The molecule has 0 aliphatic heterocycles. The highest BCUT2D eigenvalue weighted by molar-refractivity contribution is 6.05. The van der Waals surface area contributed by atoms with Crippen LogP contribution in [-0.2, 0) is 0 Å². The lowest BCUT2D eigenvalue weighted by atomic mass is 9.92. The largest absolute Gasteiger partial charge is 0.443 e. The maximum absolute atomic E-state index is 5.45. The minimum absolute atomic E-state index is 0.690. The zero-order chi connectivity index (χ0) is 21.3. The Morgan fingerprint density at radius 1 is 0.469 bits per heavy atom. The van der Waals surface area contributed by atoms with E-state index in [1.165, 1.54) is 12.8 Å². The minimum atomic E-state index is 0.690. The molecule has 6 rings (SSSR count). The normalized spacial score (nSPS) is 11.1. The first-order chi connectivity index (χ1) is 15.9. The van der Waals surface area contributed by atoms with Crippen LogP contribution in [0.15, 0.2) is 107 Å². The Morgan fingerprint density at radius 3 is 1.38 bits per heavy atom. The van der Waals surface area contributed by atoms with E-state index >= 15 is 0 Å². The molecule has 0 unspecified atom stereocenters. The van der Waals surface area contributed by atoms with Crippen molar-refractivity contribution >= 4 is 10.8 Å². The van der Waals surface area contributed by atoms with Gasteiger partial charge in [-0.25, -0.2) is 9.97 Å². The van der Waals surface area contributed by atoms with Crippen LogP contribution in [0.3, 0.4) is 0 Å². The fourth-order valence-electron chi connectivity index (χ4n) is 3.96. The first-order valence-corrected chi connectivity index (χ1v) is 10.1. The van der Waals surface area contributed by atoms with Crippen molar-refractivity contribution in [1.29, 1.82) is 0 Å². The quantitative estimate of drug-likeness (QED) is 0.337. The molecule has 0 spiro atoms. The SMILES string of the molecule is c1ccc2c(-c3cncc(-c4cnco4)c3)ccc(-c3cncc(-c4cnco4)c3)c2c1. The highest BCUT2D eigenvalue weighted by Gasteiger charge is 2.13. The fraction of sp³-hybridized carbons (Fsp3) is 0. The number of hydrogen-bond acceptors (Lipinski definition) is 6. The third-order valence-electron chi connectivity index (χ3n) is 5.46. The molecule has 4 aromatic heterocycles. The minimum Gasteiger partial charge on any atom is -0.443 e. The molecule has 0 aliphatic rings. The monoisotopic (exact) mass is 416 g/mol. The second-order valence-electron chi connectivity index (χ2n) is 7.36. The van der Waals surface area contributed by atoms with Gasteiger partial charge < -0.3 is 8.83 Å². The van der Waals surface area contributed by atoms with Crippen molar-refractivity contribution in [2.75, 3.05) is 0 Å². The Hall–Kier alpha value is -4.58. The molecule has 6 nitrogen and oxygen atoms in total. The number of oxazole rings is 2. The van der Waals surface area contributed by atoms with E-state index in [0.717, 1.165) is 44.2 Å². The van der Waals surface area contributed by atoms with Gasteiger partial charge in [0.25, 0.3) is 0 Å². The third kappa shape index (κ3) is 3.15. The lowest BCUT2D eigenvalue weighted by Crippen LogP contribution is -1.89. The molecule has 0 radical (unpaired) electrons. The first-order valence-electron chi connectivity index (χ1n) is 10.1. The van der Waals surface area contributed by atoms with Gasteiger partial charge in [0.05, 0.1) is 12.4 Å². The second-order valence-corrected chi connectivity index (χ2v) is 7.36. The summed E-state index contributed by atoms with van der Waals surface area (Å²) < 4.78 is 10.9. The van der Waals surface area contributed by atoms with Crippen molar-refractivity contribution in [3.63, 3.8) is 0 Å². The van der Waals surface area contributed by atoms with Crippen LogP contribution >= 0.6 is 0 Å². The van der Waals surface area contributed by atoms with E-state index in [0.29, 0.717) is 11.5 Å². The van der Waals surface area contributed by atoms with Crippen LogP contribution in [0.1, 0.15) is 0 Å². The molecule has 6 aromatic rings. The van der Waals surface area contributed by atoms with E-state index in [-0.39, 0.29) is 0 Å². The lowest BCUT2D eigenvalue weighted by molar-refractivity contribution is 0.571. The topological polar surface area (TPSA) is 77.8 Å². The molecule has 2 aromatic carbocycles. The highest BCUT2D eigenvalue weighted by atomic mass is 16.3. The van der Waals surface area contributed by atoms with E-state index in [1.54, 1.807) is 24.8 Å². The number of aromatic nitrogens is 4. The molecule has 0 bridgehead atoms. The molecule has 0 saturated heterocycles. The summed E-state index contributed by atoms with van der Waals surface area (Å²) in [5.41, 5.74) is 5.98. The molecule has 32 heavy (non-hydrogen) atoms. The molecule has 0 N–H and O–H groups in total. The number of hydrogen-bond donors (Lipinski definition) is 0. The summed E-state index contributed by atoms with van der Waals surface area (Å²) in [6.45, 7) is 0. The summed E-state index contributed by atoms with van der Waals surface area (Å²) in [4.78, 5) is 16.9. The third-order valence-corrected chi connectivity index (χ3v) is 5.46. The van der Waals surface area contributed by atoms with Crippen LogP contribution in [0.25, 0.3) is 55.7 Å². The number of benzene rings is 2. The van der Waals surface area contributed by atoms with Crippen molar-refractivity contribution < 1.29 is 8.83 Å². The molecule has 0 atom stereocenters. The lowest BCUT2D eigenvalue weighted by Gasteiger charge is -2.12.